The molecule has 1 heterocycles. The molecule has 1 aliphatic heterocycles. The van der Waals surface area contributed by atoms with Gasteiger partial charge in [0.1, 0.15) is 17.9 Å². The zero-order valence-electron chi connectivity index (χ0n) is 7.88. The first-order valence-electron chi connectivity index (χ1n) is 4.46. The number of hydrogen-bond donors (Lipinski definition) is 1. The SMILES string of the molecule is O=C1OCC(O)=C1C=Nc1ccccc1. The van der Waals surface area contributed by atoms with E-state index in [2.05, 4.69) is 9.73 Å². The Balaban J connectivity index is 2.19. The van der Waals surface area contributed by atoms with E-state index in [0.29, 0.717) is 0 Å². The third-order valence-electron chi connectivity index (χ3n) is 1.97. The molecule has 0 amide bonds. The molecule has 2 rings (SSSR count). The van der Waals surface area contributed by atoms with Gasteiger partial charge in [-0.05, 0) is 12.1 Å². The van der Waals surface area contributed by atoms with E-state index >= 15 is 0 Å². The minimum absolute atomic E-state index is 0.0605. The molecule has 76 valence electrons. The van der Waals surface area contributed by atoms with Crippen molar-refractivity contribution in [3.8, 4) is 0 Å². The third-order valence-corrected chi connectivity index (χ3v) is 1.97. The number of carbonyl (C=O) groups is 1. The van der Waals surface area contributed by atoms with Crippen molar-refractivity contribution in [2.75, 3.05) is 6.61 Å². The smallest absolute Gasteiger partial charge is 0.343 e. The molecule has 15 heavy (non-hydrogen) atoms. The second-order valence-corrected chi connectivity index (χ2v) is 3.03. The van der Waals surface area contributed by atoms with Crippen LogP contribution < -0.4 is 0 Å². The summed E-state index contributed by atoms with van der Waals surface area (Å²) in [5.74, 6) is -0.605. The summed E-state index contributed by atoms with van der Waals surface area (Å²) in [5.41, 5.74) is 0.844. The molecule has 0 saturated carbocycles. The van der Waals surface area contributed by atoms with Crippen LogP contribution in [0.1, 0.15) is 0 Å². The molecule has 0 atom stereocenters. The van der Waals surface area contributed by atoms with E-state index in [9.17, 15) is 9.90 Å². The van der Waals surface area contributed by atoms with Gasteiger partial charge in [-0.1, -0.05) is 18.2 Å². The lowest BCUT2D eigenvalue weighted by molar-refractivity contribution is -0.135. The summed E-state index contributed by atoms with van der Waals surface area (Å²) in [4.78, 5) is 15.1. The Labute approximate surface area is 86.5 Å². The fourth-order valence-electron chi connectivity index (χ4n) is 1.19. The summed E-state index contributed by atoms with van der Waals surface area (Å²) in [6.45, 7) is -0.0605. The van der Waals surface area contributed by atoms with E-state index in [4.69, 9.17) is 0 Å². The number of ether oxygens (including phenoxy) is 1. The first kappa shape index (κ1) is 9.45. The molecule has 1 aromatic rings. The van der Waals surface area contributed by atoms with E-state index < -0.39 is 5.97 Å². The zero-order chi connectivity index (χ0) is 10.7. The minimum atomic E-state index is -0.535. The lowest BCUT2D eigenvalue weighted by Crippen LogP contribution is -1.99. The predicted octanol–water partition coefficient (Wildman–Crippen LogP) is 1.76. The molecule has 0 radical (unpaired) electrons. The van der Waals surface area contributed by atoms with Crippen molar-refractivity contribution < 1.29 is 14.6 Å². The second-order valence-electron chi connectivity index (χ2n) is 3.03. The Kier molecular flexibility index (Phi) is 2.49. The predicted molar refractivity (Wildman–Crippen MR) is 55.2 cm³/mol. The Morgan fingerprint density at radius 1 is 1.33 bits per heavy atom. The van der Waals surface area contributed by atoms with Crippen LogP contribution in [0.15, 0.2) is 46.7 Å². The Morgan fingerprint density at radius 2 is 2.07 bits per heavy atom. The molecule has 0 spiro atoms. The van der Waals surface area contributed by atoms with Crippen LogP contribution in [0.3, 0.4) is 0 Å². The topological polar surface area (TPSA) is 58.9 Å². The van der Waals surface area contributed by atoms with Gasteiger partial charge in [0.2, 0.25) is 0 Å². The molecule has 0 aliphatic carbocycles. The molecule has 1 aromatic carbocycles. The number of para-hydroxylation sites is 1. The molecule has 0 fully saturated rings. The van der Waals surface area contributed by atoms with E-state index in [1.54, 1.807) is 12.1 Å². The molecule has 1 aliphatic rings. The second kappa shape index (κ2) is 3.96. The highest BCUT2D eigenvalue weighted by Gasteiger charge is 2.22. The van der Waals surface area contributed by atoms with E-state index in [1.165, 1.54) is 6.21 Å². The van der Waals surface area contributed by atoms with Crippen LogP contribution in [-0.4, -0.2) is 23.9 Å². The molecule has 4 nitrogen and oxygen atoms in total. The fourth-order valence-corrected chi connectivity index (χ4v) is 1.19. The summed E-state index contributed by atoms with van der Waals surface area (Å²) in [6.07, 6.45) is 1.32. The van der Waals surface area contributed by atoms with Crippen LogP contribution in [0.2, 0.25) is 0 Å². The van der Waals surface area contributed by atoms with Gasteiger partial charge >= 0.3 is 5.97 Å². The number of nitrogens with zero attached hydrogens (tertiary/aromatic N) is 1. The number of aliphatic hydroxyl groups excluding tert-OH is 1. The molecule has 0 aromatic heterocycles. The van der Waals surface area contributed by atoms with Gasteiger partial charge < -0.3 is 9.84 Å². The molecule has 4 heteroatoms. The maximum absolute atomic E-state index is 11.1. The van der Waals surface area contributed by atoms with Crippen molar-refractivity contribution in [3.05, 3.63) is 41.7 Å². The van der Waals surface area contributed by atoms with Crippen LogP contribution in [0.5, 0.6) is 0 Å². The van der Waals surface area contributed by atoms with Crippen molar-refractivity contribution in [2.45, 2.75) is 0 Å². The van der Waals surface area contributed by atoms with Gasteiger partial charge in [-0.15, -0.1) is 0 Å². The molecular formula is C11H9NO3. The van der Waals surface area contributed by atoms with Gasteiger partial charge in [-0.3, -0.25) is 4.99 Å². The number of carbonyl (C=O) groups excluding carboxylic acids is 1. The van der Waals surface area contributed by atoms with Crippen molar-refractivity contribution in [1.29, 1.82) is 0 Å². The van der Waals surface area contributed by atoms with Gasteiger partial charge in [0.25, 0.3) is 0 Å². The number of rotatable bonds is 2. The summed E-state index contributed by atoms with van der Waals surface area (Å²) in [6, 6.07) is 9.16. The van der Waals surface area contributed by atoms with Gasteiger partial charge in [-0.2, -0.15) is 0 Å². The molecule has 0 unspecified atom stereocenters. The summed E-state index contributed by atoms with van der Waals surface area (Å²) in [5, 5.41) is 9.28. The summed E-state index contributed by atoms with van der Waals surface area (Å²) >= 11 is 0. The van der Waals surface area contributed by atoms with Gasteiger partial charge in [0, 0.05) is 6.21 Å². The van der Waals surface area contributed by atoms with Crippen molar-refractivity contribution in [1.82, 2.24) is 0 Å². The quantitative estimate of drug-likeness (QED) is 0.588. The fraction of sp³-hybridized carbons (Fsp3) is 0.0909. The zero-order valence-corrected chi connectivity index (χ0v) is 7.88. The number of esters is 1. The largest absolute Gasteiger partial charge is 0.508 e. The van der Waals surface area contributed by atoms with E-state index in [1.807, 2.05) is 18.2 Å². The lowest BCUT2D eigenvalue weighted by atomic mass is 10.3. The first-order chi connectivity index (χ1) is 7.27. The minimum Gasteiger partial charge on any atom is -0.508 e. The number of aliphatic hydroxyl groups is 1. The van der Waals surface area contributed by atoms with Crippen molar-refractivity contribution in [3.63, 3.8) is 0 Å². The highest BCUT2D eigenvalue weighted by molar-refractivity contribution is 6.11. The highest BCUT2D eigenvalue weighted by atomic mass is 16.5. The average Bonchev–Trinajstić information content (AvgIpc) is 2.58. The summed E-state index contributed by atoms with van der Waals surface area (Å²) in [7, 11) is 0. The van der Waals surface area contributed by atoms with Crippen LogP contribution in [0, 0.1) is 0 Å². The monoisotopic (exact) mass is 203 g/mol. The molecule has 0 bridgehead atoms. The maximum atomic E-state index is 11.1. The number of cyclic esters (lactones) is 1. The van der Waals surface area contributed by atoms with Gasteiger partial charge in [-0.25, -0.2) is 4.79 Å². The van der Waals surface area contributed by atoms with Crippen LogP contribution >= 0.6 is 0 Å². The van der Waals surface area contributed by atoms with E-state index in [-0.39, 0.29) is 17.9 Å². The Bertz CT molecular complexity index is 434. The highest BCUT2D eigenvalue weighted by Crippen LogP contribution is 2.14. The van der Waals surface area contributed by atoms with Crippen molar-refractivity contribution in [2.24, 2.45) is 4.99 Å². The van der Waals surface area contributed by atoms with Crippen LogP contribution in [0.25, 0.3) is 0 Å². The van der Waals surface area contributed by atoms with Gasteiger partial charge in [0.05, 0.1) is 5.69 Å². The standard InChI is InChI=1S/C11H9NO3/c13-10-7-15-11(14)9(10)6-12-8-4-2-1-3-5-8/h1-6,13H,7H2. The summed E-state index contributed by atoms with van der Waals surface area (Å²) < 4.78 is 4.61. The Morgan fingerprint density at radius 3 is 2.67 bits per heavy atom. The van der Waals surface area contributed by atoms with Crippen molar-refractivity contribution >= 4 is 17.9 Å². The van der Waals surface area contributed by atoms with Crippen LogP contribution in [0.4, 0.5) is 5.69 Å². The third kappa shape index (κ3) is 2.04. The normalized spacial score (nSPS) is 16.1. The average molecular weight is 203 g/mol. The number of aliphatic imine (C=N–C) groups is 1. The molecule has 0 saturated heterocycles. The molecule has 1 N–H and O–H groups in total. The van der Waals surface area contributed by atoms with E-state index in [0.717, 1.165) is 5.69 Å². The number of benzene rings is 1. The first-order valence-corrected chi connectivity index (χ1v) is 4.46. The number of hydrogen-bond acceptors (Lipinski definition) is 4. The van der Waals surface area contributed by atoms with Gasteiger partial charge in [0.15, 0.2) is 0 Å². The Hall–Kier alpha value is -2.10. The lowest BCUT2D eigenvalue weighted by Gasteiger charge is -1.91. The maximum Gasteiger partial charge on any atom is 0.343 e. The molecular weight excluding hydrogens is 194 g/mol. The van der Waals surface area contributed by atoms with Crippen LogP contribution in [-0.2, 0) is 9.53 Å².